The molecule has 1 aliphatic rings. The third-order valence-corrected chi connectivity index (χ3v) is 4.30. The van der Waals surface area contributed by atoms with Crippen molar-refractivity contribution in [2.75, 3.05) is 26.7 Å². The third-order valence-electron chi connectivity index (χ3n) is 3.94. The number of ether oxygens (including phenoxy) is 1. The van der Waals surface area contributed by atoms with Crippen molar-refractivity contribution in [3.63, 3.8) is 0 Å². The number of hydrogen-bond acceptors (Lipinski definition) is 3. The molecule has 1 aromatic rings. The van der Waals surface area contributed by atoms with Crippen LogP contribution in [-0.2, 0) is 6.54 Å². The van der Waals surface area contributed by atoms with E-state index in [-0.39, 0.29) is 0 Å². The number of methoxy groups -OCH3 is 1. The lowest BCUT2D eigenvalue weighted by Gasteiger charge is -2.28. The maximum absolute atomic E-state index is 6.38. The van der Waals surface area contributed by atoms with Crippen LogP contribution in [0.2, 0.25) is 5.02 Å². The van der Waals surface area contributed by atoms with Gasteiger partial charge in [-0.1, -0.05) is 31.5 Å². The van der Waals surface area contributed by atoms with Crippen LogP contribution in [0, 0.1) is 5.92 Å². The highest BCUT2D eigenvalue weighted by molar-refractivity contribution is 6.31. The van der Waals surface area contributed by atoms with Crippen molar-refractivity contribution in [2.24, 2.45) is 5.92 Å². The van der Waals surface area contributed by atoms with Crippen LogP contribution < -0.4 is 10.1 Å². The maximum atomic E-state index is 6.38. The highest BCUT2D eigenvalue weighted by atomic mass is 35.5. The van der Waals surface area contributed by atoms with Crippen LogP contribution in [0.5, 0.6) is 5.75 Å². The van der Waals surface area contributed by atoms with E-state index in [1.807, 2.05) is 18.2 Å². The molecule has 4 heteroatoms. The number of nitrogens with one attached hydrogen (secondary N) is 1. The zero-order valence-corrected chi connectivity index (χ0v) is 14.1. The van der Waals surface area contributed by atoms with Gasteiger partial charge in [0.1, 0.15) is 5.75 Å². The molecular formula is C17H27ClN2O. The summed E-state index contributed by atoms with van der Waals surface area (Å²) in [5, 5.41) is 4.38. The smallest absolute Gasteiger partial charge is 0.124 e. The van der Waals surface area contributed by atoms with Gasteiger partial charge in [-0.15, -0.1) is 0 Å². The summed E-state index contributed by atoms with van der Waals surface area (Å²) in [5.74, 6) is 1.52. The van der Waals surface area contributed by atoms with Crippen molar-refractivity contribution in [1.82, 2.24) is 10.2 Å². The Morgan fingerprint density at radius 3 is 2.86 bits per heavy atom. The second-order valence-corrected chi connectivity index (χ2v) is 6.71. The molecule has 1 heterocycles. The summed E-state index contributed by atoms with van der Waals surface area (Å²) in [6, 6.07) is 6.48. The molecule has 0 aromatic heterocycles. The highest BCUT2D eigenvalue weighted by Crippen LogP contribution is 2.28. The molecule has 118 valence electrons. The van der Waals surface area contributed by atoms with Crippen LogP contribution >= 0.6 is 11.6 Å². The molecule has 0 spiro atoms. The van der Waals surface area contributed by atoms with E-state index >= 15 is 0 Å². The van der Waals surface area contributed by atoms with E-state index in [4.69, 9.17) is 16.3 Å². The largest absolute Gasteiger partial charge is 0.496 e. The molecule has 1 aromatic carbocycles. The van der Waals surface area contributed by atoms with Crippen LogP contribution in [0.3, 0.4) is 0 Å². The predicted octanol–water partition coefficient (Wildman–Crippen LogP) is 3.56. The molecule has 1 atom stereocenters. The lowest BCUT2D eigenvalue weighted by molar-refractivity contribution is 0.213. The van der Waals surface area contributed by atoms with Gasteiger partial charge >= 0.3 is 0 Å². The molecule has 1 unspecified atom stereocenters. The molecule has 21 heavy (non-hydrogen) atoms. The lowest BCUT2D eigenvalue weighted by atomic mass is 10.1. The fourth-order valence-corrected chi connectivity index (χ4v) is 3.28. The topological polar surface area (TPSA) is 24.5 Å². The minimum absolute atomic E-state index is 0.609. The van der Waals surface area contributed by atoms with E-state index in [1.165, 1.54) is 12.8 Å². The van der Waals surface area contributed by atoms with E-state index in [2.05, 4.69) is 24.1 Å². The molecule has 0 amide bonds. The molecule has 0 radical (unpaired) electrons. The monoisotopic (exact) mass is 310 g/mol. The Balaban J connectivity index is 2.10. The first-order chi connectivity index (χ1) is 10.1. The molecular weight excluding hydrogens is 284 g/mol. The van der Waals surface area contributed by atoms with Gasteiger partial charge in [-0.3, -0.25) is 4.90 Å². The Morgan fingerprint density at radius 1 is 1.43 bits per heavy atom. The average Bonchev–Trinajstić information content (AvgIpc) is 2.93. The molecule has 1 aliphatic heterocycles. The average molecular weight is 311 g/mol. The second kappa shape index (κ2) is 8.02. The Bertz CT molecular complexity index is 444. The van der Waals surface area contributed by atoms with Gasteiger partial charge < -0.3 is 10.1 Å². The van der Waals surface area contributed by atoms with Crippen molar-refractivity contribution < 1.29 is 4.74 Å². The highest BCUT2D eigenvalue weighted by Gasteiger charge is 2.20. The standard InChI is InChI=1S/C17H27ClN2O/c1-13(2)10-20(11-14-6-5-9-19-14)12-15-16(18)7-4-8-17(15)21-3/h4,7-8,13-14,19H,5-6,9-12H2,1-3H3. The summed E-state index contributed by atoms with van der Waals surface area (Å²) in [5.41, 5.74) is 1.10. The molecule has 0 saturated carbocycles. The van der Waals surface area contributed by atoms with Gasteiger partial charge in [-0.05, 0) is 37.4 Å². The molecule has 1 fully saturated rings. The van der Waals surface area contributed by atoms with Gasteiger partial charge in [0.05, 0.1) is 7.11 Å². The van der Waals surface area contributed by atoms with Crippen molar-refractivity contribution >= 4 is 11.6 Å². The number of benzene rings is 1. The van der Waals surface area contributed by atoms with Crippen molar-refractivity contribution in [1.29, 1.82) is 0 Å². The second-order valence-electron chi connectivity index (χ2n) is 6.30. The van der Waals surface area contributed by atoms with Crippen molar-refractivity contribution in [3.05, 3.63) is 28.8 Å². The third kappa shape index (κ3) is 4.87. The zero-order valence-electron chi connectivity index (χ0n) is 13.4. The fraction of sp³-hybridized carbons (Fsp3) is 0.647. The van der Waals surface area contributed by atoms with Gasteiger partial charge in [0.25, 0.3) is 0 Å². The summed E-state index contributed by atoms with van der Waals surface area (Å²) >= 11 is 6.38. The Morgan fingerprint density at radius 2 is 2.24 bits per heavy atom. The van der Waals surface area contributed by atoms with Crippen LogP contribution in [0.25, 0.3) is 0 Å². The summed E-state index contributed by atoms with van der Waals surface area (Å²) in [4.78, 5) is 2.50. The van der Waals surface area contributed by atoms with Crippen LogP contribution in [0.15, 0.2) is 18.2 Å². The minimum Gasteiger partial charge on any atom is -0.496 e. The van der Waals surface area contributed by atoms with Crippen LogP contribution in [-0.4, -0.2) is 37.7 Å². The Kier molecular flexibility index (Phi) is 6.34. The molecule has 3 nitrogen and oxygen atoms in total. The quantitative estimate of drug-likeness (QED) is 0.833. The molecule has 0 bridgehead atoms. The first kappa shape index (κ1) is 16.6. The minimum atomic E-state index is 0.609. The van der Waals surface area contributed by atoms with Crippen molar-refractivity contribution in [3.8, 4) is 5.75 Å². The Hall–Kier alpha value is -0.770. The number of hydrogen-bond donors (Lipinski definition) is 1. The Labute approximate surface area is 133 Å². The van der Waals surface area contributed by atoms with E-state index in [9.17, 15) is 0 Å². The van der Waals surface area contributed by atoms with Crippen LogP contribution in [0.4, 0.5) is 0 Å². The molecule has 1 N–H and O–H groups in total. The fourth-order valence-electron chi connectivity index (χ4n) is 3.05. The first-order valence-electron chi connectivity index (χ1n) is 7.87. The van der Waals surface area contributed by atoms with Crippen molar-refractivity contribution in [2.45, 2.75) is 39.3 Å². The van der Waals surface area contributed by atoms with Gasteiger partial charge in [0.2, 0.25) is 0 Å². The summed E-state index contributed by atoms with van der Waals surface area (Å²) in [6.07, 6.45) is 2.56. The number of halogens is 1. The normalized spacial score (nSPS) is 18.7. The summed E-state index contributed by atoms with van der Waals surface area (Å²) < 4.78 is 5.48. The molecule has 1 saturated heterocycles. The van der Waals surface area contributed by atoms with Gasteiger partial charge in [0, 0.05) is 36.3 Å². The zero-order chi connectivity index (χ0) is 15.2. The maximum Gasteiger partial charge on any atom is 0.124 e. The van der Waals surface area contributed by atoms with E-state index in [1.54, 1.807) is 7.11 Å². The first-order valence-corrected chi connectivity index (χ1v) is 8.25. The predicted molar refractivity (Wildman–Crippen MR) is 89.1 cm³/mol. The van der Waals surface area contributed by atoms with E-state index in [0.29, 0.717) is 12.0 Å². The number of nitrogens with zero attached hydrogens (tertiary/aromatic N) is 1. The summed E-state index contributed by atoms with van der Waals surface area (Å²) in [6.45, 7) is 8.67. The van der Waals surface area contributed by atoms with Crippen LogP contribution in [0.1, 0.15) is 32.3 Å². The lowest BCUT2D eigenvalue weighted by Crippen LogP contribution is -2.39. The summed E-state index contributed by atoms with van der Waals surface area (Å²) in [7, 11) is 1.71. The number of rotatable bonds is 7. The van der Waals surface area contributed by atoms with Gasteiger partial charge in [0.15, 0.2) is 0 Å². The van der Waals surface area contributed by atoms with E-state index < -0.39 is 0 Å². The van der Waals surface area contributed by atoms with Gasteiger partial charge in [-0.2, -0.15) is 0 Å². The van der Waals surface area contributed by atoms with E-state index in [0.717, 1.165) is 42.5 Å². The van der Waals surface area contributed by atoms with Gasteiger partial charge in [-0.25, -0.2) is 0 Å². The molecule has 2 rings (SSSR count). The SMILES string of the molecule is COc1cccc(Cl)c1CN(CC(C)C)CC1CCCN1. The molecule has 0 aliphatic carbocycles.